The highest BCUT2D eigenvalue weighted by Gasteiger charge is 2.56. The highest BCUT2D eigenvalue weighted by Crippen LogP contribution is 2.61. The Morgan fingerprint density at radius 3 is 2.73 bits per heavy atom. The zero-order valence-corrected chi connectivity index (χ0v) is 9.71. The second-order valence-electron chi connectivity index (χ2n) is 5.81. The number of ether oxygens (including phenoxy) is 1. The van der Waals surface area contributed by atoms with Gasteiger partial charge in [-0.3, -0.25) is 0 Å². The van der Waals surface area contributed by atoms with E-state index in [2.05, 4.69) is 45.0 Å². The predicted molar refractivity (Wildman–Crippen MR) is 60.6 cm³/mol. The fourth-order valence-electron chi connectivity index (χ4n) is 3.21. The van der Waals surface area contributed by atoms with Crippen molar-refractivity contribution in [2.45, 2.75) is 45.3 Å². The molecule has 1 saturated heterocycles. The monoisotopic (exact) mass is 202 g/mol. The van der Waals surface area contributed by atoms with Crippen molar-refractivity contribution in [2.75, 3.05) is 0 Å². The molecule has 3 rings (SSSR count). The lowest BCUT2D eigenvalue weighted by Crippen LogP contribution is -2.37. The van der Waals surface area contributed by atoms with E-state index in [9.17, 15) is 0 Å². The van der Waals surface area contributed by atoms with Crippen LogP contribution in [0.3, 0.4) is 0 Å². The van der Waals surface area contributed by atoms with Crippen LogP contribution in [0.15, 0.2) is 24.3 Å². The minimum Gasteiger partial charge on any atom is -0.362 e. The molecule has 15 heavy (non-hydrogen) atoms. The quantitative estimate of drug-likeness (QED) is 0.622. The van der Waals surface area contributed by atoms with E-state index in [0.717, 1.165) is 0 Å². The minimum absolute atomic E-state index is 0.0196. The summed E-state index contributed by atoms with van der Waals surface area (Å²) < 4.78 is 6.29. The number of rotatable bonds is 0. The average Bonchev–Trinajstić information content (AvgIpc) is 2.74. The van der Waals surface area contributed by atoms with Crippen molar-refractivity contribution in [3.8, 4) is 0 Å². The Morgan fingerprint density at radius 2 is 2.00 bits per heavy atom. The lowest BCUT2D eigenvalue weighted by atomic mass is 9.68. The first-order valence-corrected chi connectivity index (χ1v) is 5.82. The molecule has 0 aliphatic carbocycles. The molecule has 1 heteroatoms. The van der Waals surface area contributed by atoms with Crippen molar-refractivity contribution in [3.63, 3.8) is 0 Å². The van der Waals surface area contributed by atoms with E-state index in [-0.39, 0.29) is 11.0 Å². The van der Waals surface area contributed by atoms with Crippen LogP contribution in [-0.2, 0) is 10.3 Å². The van der Waals surface area contributed by atoms with Gasteiger partial charge < -0.3 is 4.74 Å². The third-order valence-electron chi connectivity index (χ3n) is 4.06. The fourth-order valence-corrected chi connectivity index (χ4v) is 3.21. The van der Waals surface area contributed by atoms with Gasteiger partial charge in [0.2, 0.25) is 0 Å². The molecule has 2 aliphatic rings. The maximum Gasteiger partial charge on any atom is 0.0992 e. The Labute approximate surface area is 91.5 Å². The minimum atomic E-state index is -0.0196. The van der Waals surface area contributed by atoms with Crippen molar-refractivity contribution >= 4 is 0 Å². The van der Waals surface area contributed by atoms with Gasteiger partial charge >= 0.3 is 0 Å². The molecule has 0 radical (unpaired) electrons. The van der Waals surface area contributed by atoms with E-state index >= 15 is 0 Å². The van der Waals surface area contributed by atoms with Crippen molar-refractivity contribution in [1.29, 1.82) is 0 Å². The van der Waals surface area contributed by atoms with Crippen LogP contribution >= 0.6 is 0 Å². The lowest BCUT2D eigenvalue weighted by molar-refractivity contribution is -0.0951. The molecule has 0 spiro atoms. The van der Waals surface area contributed by atoms with Crippen LogP contribution < -0.4 is 0 Å². The summed E-state index contributed by atoms with van der Waals surface area (Å²) in [6, 6.07) is 8.74. The van der Waals surface area contributed by atoms with Gasteiger partial charge in [-0.05, 0) is 29.4 Å². The average molecular weight is 202 g/mol. The van der Waals surface area contributed by atoms with E-state index in [0.29, 0.717) is 6.10 Å². The zero-order valence-electron chi connectivity index (χ0n) is 9.71. The van der Waals surface area contributed by atoms with Crippen LogP contribution in [-0.4, -0.2) is 0 Å². The molecule has 1 aromatic rings. The van der Waals surface area contributed by atoms with Gasteiger partial charge in [0.1, 0.15) is 0 Å². The van der Waals surface area contributed by atoms with Gasteiger partial charge in [-0.15, -0.1) is 0 Å². The van der Waals surface area contributed by atoms with Gasteiger partial charge in [-0.25, -0.2) is 0 Å². The molecule has 1 aromatic carbocycles. The lowest BCUT2D eigenvalue weighted by Gasteiger charge is -2.39. The van der Waals surface area contributed by atoms with Crippen LogP contribution in [0.2, 0.25) is 0 Å². The largest absolute Gasteiger partial charge is 0.362 e. The fraction of sp³-hybridized carbons (Fsp3) is 0.571. The summed E-state index contributed by atoms with van der Waals surface area (Å²) in [5.74, 6) is 0. The molecular weight excluding hydrogens is 184 g/mol. The third-order valence-corrected chi connectivity index (χ3v) is 4.06. The normalized spacial score (nSPS) is 33.1. The second-order valence-corrected chi connectivity index (χ2v) is 5.81. The molecule has 80 valence electrons. The molecule has 0 unspecified atom stereocenters. The van der Waals surface area contributed by atoms with Crippen LogP contribution in [0.5, 0.6) is 0 Å². The smallest absolute Gasteiger partial charge is 0.0992 e. The van der Waals surface area contributed by atoms with Crippen molar-refractivity contribution in [2.24, 2.45) is 5.41 Å². The maximum absolute atomic E-state index is 6.29. The molecule has 1 nitrogen and oxygen atoms in total. The SMILES string of the molecule is CC(C)(C)[C@@]12CC[C@@H](O1)c1ccccc12. The first-order chi connectivity index (χ1) is 7.05. The molecular formula is C14H18O. The first-order valence-electron chi connectivity index (χ1n) is 5.82. The Kier molecular flexibility index (Phi) is 1.66. The second kappa shape index (κ2) is 2.65. The van der Waals surface area contributed by atoms with Crippen LogP contribution in [0.4, 0.5) is 0 Å². The Bertz CT molecular complexity index is 402. The molecule has 2 heterocycles. The van der Waals surface area contributed by atoms with Gasteiger partial charge in [-0.2, -0.15) is 0 Å². The summed E-state index contributed by atoms with van der Waals surface area (Å²) in [7, 11) is 0. The van der Waals surface area contributed by atoms with Crippen LogP contribution in [0.1, 0.15) is 50.8 Å². The molecule has 2 atom stereocenters. The van der Waals surface area contributed by atoms with Crippen LogP contribution in [0.25, 0.3) is 0 Å². The molecule has 0 N–H and O–H groups in total. The molecule has 0 saturated carbocycles. The van der Waals surface area contributed by atoms with E-state index in [4.69, 9.17) is 4.74 Å². The molecule has 0 amide bonds. The molecule has 2 aliphatic heterocycles. The number of benzene rings is 1. The standard InChI is InChI=1S/C14H18O/c1-13(2,3)14-9-8-12(15-14)10-6-4-5-7-11(10)14/h4-7,12H,8-9H2,1-3H3/t12-,14+/m1/s1. The summed E-state index contributed by atoms with van der Waals surface area (Å²) in [6.45, 7) is 6.87. The highest BCUT2D eigenvalue weighted by molar-refractivity contribution is 5.42. The van der Waals surface area contributed by atoms with Gasteiger partial charge in [0.25, 0.3) is 0 Å². The number of fused-ring (bicyclic) bond motifs is 5. The zero-order chi connectivity index (χ0) is 10.7. The van der Waals surface area contributed by atoms with E-state index in [1.54, 1.807) is 0 Å². The topological polar surface area (TPSA) is 9.23 Å². The Morgan fingerprint density at radius 1 is 1.27 bits per heavy atom. The Balaban J connectivity index is 2.22. The summed E-state index contributed by atoms with van der Waals surface area (Å²) in [5, 5.41) is 0. The van der Waals surface area contributed by atoms with Gasteiger partial charge in [-0.1, -0.05) is 45.0 Å². The van der Waals surface area contributed by atoms with Gasteiger partial charge in [0, 0.05) is 0 Å². The van der Waals surface area contributed by atoms with E-state index < -0.39 is 0 Å². The molecule has 1 fully saturated rings. The van der Waals surface area contributed by atoms with E-state index in [1.807, 2.05) is 0 Å². The number of hydrogen-bond acceptors (Lipinski definition) is 1. The number of hydrogen-bond donors (Lipinski definition) is 0. The van der Waals surface area contributed by atoms with Crippen molar-refractivity contribution < 1.29 is 4.74 Å². The molecule has 0 aromatic heterocycles. The summed E-state index contributed by atoms with van der Waals surface area (Å²) in [4.78, 5) is 0. The third kappa shape index (κ3) is 1.02. The Hall–Kier alpha value is -0.820. The van der Waals surface area contributed by atoms with Crippen LogP contribution in [0, 0.1) is 5.41 Å². The van der Waals surface area contributed by atoms with Crippen molar-refractivity contribution in [1.82, 2.24) is 0 Å². The first kappa shape index (κ1) is 9.41. The van der Waals surface area contributed by atoms with Gasteiger partial charge in [0.15, 0.2) is 0 Å². The summed E-state index contributed by atoms with van der Waals surface area (Å²) in [6.07, 6.45) is 2.73. The molecule has 2 bridgehead atoms. The van der Waals surface area contributed by atoms with E-state index in [1.165, 1.54) is 24.0 Å². The summed E-state index contributed by atoms with van der Waals surface area (Å²) in [5.41, 5.74) is 3.04. The maximum atomic E-state index is 6.29. The van der Waals surface area contributed by atoms with Gasteiger partial charge in [0.05, 0.1) is 11.7 Å². The predicted octanol–water partition coefficient (Wildman–Crippen LogP) is 3.79. The highest BCUT2D eigenvalue weighted by atomic mass is 16.5. The van der Waals surface area contributed by atoms with Crippen molar-refractivity contribution in [3.05, 3.63) is 35.4 Å². The summed E-state index contributed by atoms with van der Waals surface area (Å²) >= 11 is 0.